The fourth-order valence-electron chi connectivity index (χ4n) is 6.43. The Morgan fingerprint density at radius 2 is 1.18 bits per heavy atom. The Labute approximate surface area is 374 Å². The van der Waals surface area contributed by atoms with Crippen LogP contribution in [0.1, 0.15) is 103 Å². The first kappa shape index (κ1) is 53.0. The molecule has 2 aliphatic rings. The number of nitrogens with zero attached hydrogens (tertiary/aromatic N) is 4. The lowest BCUT2D eigenvalue weighted by molar-refractivity contribution is -0.378. The Bertz CT molecular complexity index is 2020. The van der Waals surface area contributed by atoms with Crippen molar-refractivity contribution < 1.29 is 53.3 Å². The van der Waals surface area contributed by atoms with Crippen molar-refractivity contribution in [1.82, 2.24) is 10.3 Å². The molecular formula is C43H50Cl2F6N8O2S. The molecule has 0 radical (unpaired) electrons. The summed E-state index contributed by atoms with van der Waals surface area (Å²) in [6.07, 6.45) is 8.49. The number of thiocarbonyl (C=S) groups is 1. The van der Waals surface area contributed by atoms with Crippen molar-refractivity contribution in [1.29, 1.82) is 5.26 Å². The first-order chi connectivity index (χ1) is 29.0. The van der Waals surface area contributed by atoms with Crippen LogP contribution in [0, 0.1) is 11.3 Å². The third-order valence-corrected chi connectivity index (χ3v) is 9.86. The van der Waals surface area contributed by atoms with Gasteiger partial charge in [0.05, 0.1) is 39.9 Å². The van der Waals surface area contributed by atoms with E-state index in [0.29, 0.717) is 16.8 Å². The van der Waals surface area contributed by atoms with Gasteiger partial charge in [-0.05, 0) is 98.0 Å². The van der Waals surface area contributed by atoms with Gasteiger partial charge in [-0.15, -0.1) is 0 Å². The van der Waals surface area contributed by atoms with Crippen LogP contribution in [-0.4, -0.2) is 47.4 Å². The predicted octanol–water partition coefficient (Wildman–Crippen LogP) is 7.47. The molecule has 2 fully saturated rings. The minimum absolute atomic E-state index is 0. The SMILES string of the molecule is CC#N.Nc1cc(C(F)(F)F)ccc1N1CCCCCCC1.O=C(Cl)c1cc[nH+]cc1.O=C(NC(=S)Nc1cc(C(F)(F)F)ccc1N1CCCCCCC1)c1ccncc1.[Cl-]. The van der Waals surface area contributed by atoms with Crippen LogP contribution >= 0.6 is 23.8 Å². The summed E-state index contributed by atoms with van der Waals surface area (Å²) in [5.74, 6) is -0.463. The van der Waals surface area contributed by atoms with Crippen LogP contribution in [0.3, 0.4) is 0 Å². The van der Waals surface area contributed by atoms with Gasteiger partial charge in [0, 0.05) is 68.8 Å². The molecule has 4 aromatic rings. The summed E-state index contributed by atoms with van der Waals surface area (Å²) in [6, 6.07) is 15.3. The van der Waals surface area contributed by atoms with Crippen LogP contribution in [0.25, 0.3) is 0 Å². The third kappa shape index (κ3) is 18.4. The Morgan fingerprint density at radius 3 is 1.61 bits per heavy atom. The number of carbonyl (C=O) groups is 2. The molecule has 0 saturated carbocycles. The van der Waals surface area contributed by atoms with E-state index in [4.69, 9.17) is 34.8 Å². The highest BCUT2D eigenvalue weighted by Gasteiger charge is 2.32. The Hall–Kier alpha value is -5.18. The van der Waals surface area contributed by atoms with Gasteiger partial charge in [-0.2, -0.15) is 31.6 Å². The van der Waals surface area contributed by atoms with Crippen molar-refractivity contribution in [2.75, 3.05) is 47.0 Å². The number of nitrogens with two attached hydrogens (primary N) is 1. The van der Waals surface area contributed by atoms with Crippen molar-refractivity contribution in [2.24, 2.45) is 0 Å². The Kier molecular flexibility index (Phi) is 23.1. The molecule has 4 heterocycles. The zero-order valence-corrected chi connectivity index (χ0v) is 36.4. The largest absolute Gasteiger partial charge is 1.00 e. The molecule has 10 nitrogen and oxygen atoms in total. The summed E-state index contributed by atoms with van der Waals surface area (Å²) in [5, 5.41) is 12.1. The highest BCUT2D eigenvalue weighted by molar-refractivity contribution is 7.80. The molecule has 5 N–H and O–H groups in total. The first-order valence-electron chi connectivity index (χ1n) is 19.7. The van der Waals surface area contributed by atoms with Crippen molar-refractivity contribution in [3.05, 3.63) is 108 Å². The smallest absolute Gasteiger partial charge is 0.416 e. The maximum atomic E-state index is 13.3. The van der Waals surface area contributed by atoms with Gasteiger partial charge in [0.15, 0.2) is 17.5 Å². The van der Waals surface area contributed by atoms with Crippen LogP contribution in [0.5, 0.6) is 0 Å². The molecule has 0 bridgehead atoms. The summed E-state index contributed by atoms with van der Waals surface area (Å²) in [4.78, 5) is 33.5. The number of nitriles is 1. The van der Waals surface area contributed by atoms with Crippen LogP contribution in [0.2, 0.25) is 0 Å². The molecule has 0 aliphatic carbocycles. The number of hydrogen-bond acceptors (Lipinski definition) is 8. The second kappa shape index (κ2) is 27.0. The quantitative estimate of drug-likeness (QED) is 0.0805. The highest BCUT2D eigenvalue weighted by atomic mass is 35.5. The standard InChI is InChI=1S/C21H23F3N4OS.C14H19F3N2.C6H4ClNO.C2H3N.ClH/c22-21(23,24)16-6-7-18(28-12-4-2-1-3-5-13-28)17(14-16)26-20(30)27-19(29)15-8-10-25-11-9-15;15-14(16,17)11-6-7-13(12(18)10-11)19-8-4-2-1-3-5-9-19;7-6(9)5-1-3-8-4-2-5;1-2-3;/h6-11,14H,1-5,12-13H2,(H2,26,27,29,30);6-7,10H,1-5,8-9,18H2;1-4H;1H3;1H. The Balaban J connectivity index is 0.000000350. The highest BCUT2D eigenvalue weighted by Crippen LogP contribution is 2.37. The number of alkyl halides is 6. The fraction of sp³-hybridized carbons (Fsp3) is 0.395. The normalized spacial score (nSPS) is 14.2. The summed E-state index contributed by atoms with van der Waals surface area (Å²) < 4.78 is 77.6. The molecule has 19 heteroatoms. The van der Waals surface area contributed by atoms with Gasteiger partial charge >= 0.3 is 12.4 Å². The average molecular weight is 928 g/mol. The molecule has 0 atom stereocenters. The second-order valence-corrected chi connectivity index (χ2v) is 14.7. The number of aromatic amines is 1. The maximum Gasteiger partial charge on any atom is 0.416 e. The van der Waals surface area contributed by atoms with E-state index in [1.807, 2.05) is 0 Å². The van der Waals surface area contributed by atoms with Crippen molar-refractivity contribution in [3.8, 4) is 6.07 Å². The molecule has 0 unspecified atom stereocenters. The molecule has 2 aromatic heterocycles. The number of benzene rings is 2. The molecule has 2 saturated heterocycles. The zero-order valence-electron chi connectivity index (χ0n) is 34.1. The minimum atomic E-state index is -4.48. The number of carbonyl (C=O) groups excluding carboxylic acids is 2. The summed E-state index contributed by atoms with van der Waals surface area (Å²) in [6.45, 7) is 4.69. The topological polar surface area (TPSA) is 142 Å². The predicted molar refractivity (Wildman–Crippen MR) is 230 cm³/mol. The van der Waals surface area contributed by atoms with Crippen molar-refractivity contribution in [2.45, 2.75) is 83.5 Å². The average Bonchev–Trinajstić information content (AvgIpc) is 3.19. The molecule has 336 valence electrons. The lowest BCUT2D eigenvalue weighted by Gasteiger charge is -2.29. The molecule has 2 aromatic carbocycles. The van der Waals surface area contributed by atoms with Gasteiger partial charge in [-0.25, -0.2) is 4.98 Å². The summed E-state index contributed by atoms with van der Waals surface area (Å²) in [5.41, 5.74) is 7.02. The number of nitrogen functional groups attached to an aromatic ring is 1. The molecule has 62 heavy (non-hydrogen) atoms. The van der Waals surface area contributed by atoms with E-state index in [2.05, 4.69) is 30.4 Å². The number of rotatable bonds is 5. The molecule has 0 spiro atoms. The number of nitrogens with one attached hydrogen (secondary N) is 3. The van der Waals surface area contributed by atoms with E-state index in [0.717, 1.165) is 94.7 Å². The Morgan fingerprint density at radius 1 is 0.742 bits per heavy atom. The number of hydrogen-bond donors (Lipinski definition) is 3. The van der Waals surface area contributed by atoms with Crippen LogP contribution in [-0.2, 0) is 12.4 Å². The lowest BCUT2D eigenvalue weighted by Crippen LogP contribution is -3.00. The zero-order chi connectivity index (χ0) is 44.8. The fourth-order valence-corrected chi connectivity index (χ4v) is 6.76. The van der Waals surface area contributed by atoms with E-state index in [1.165, 1.54) is 69.3 Å². The third-order valence-electron chi connectivity index (χ3n) is 9.44. The number of halogens is 8. The van der Waals surface area contributed by atoms with E-state index in [9.17, 15) is 35.9 Å². The molecule has 6 rings (SSSR count). The second-order valence-electron chi connectivity index (χ2n) is 13.9. The van der Waals surface area contributed by atoms with Gasteiger partial charge in [0.2, 0.25) is 0 Å². The lowest BCUT2D eigenvalue weighted by atomic mass is 10.1. The number of pyridine rings is 2. The number of aromatic nitrogens is 2. The van der Waals surface area contributed by atoms with E-state index in [-0.39, 0.29) is 28.9 Å². The first-order valence-corrected chi connectivity index (χ1v) is 20.5. The van der Waals surface area contributed by atoms with Gasteiger partial charge in [0.1, 0.15) is 0 Å². The van der Waals surface area contributed by atoms with Gasteiger partial charge in [-0.3, -0.25) is 19.9 Å². The number of anilines is 4. The molecule has 2 aliphatic heterocycles. The van der Waals surface area contributed by atoms with E-state index >= 15 is 0 Å². The van der Waals surface area contributed by atoms with E-state index < -0.39 is 34.6 Å². The number of H-pyrrole nitrogens is 1. The minimum Gasteiger partial charge on any atom is -1.00 e. The monoisotopic (exact) mass is 926 g/mol. The van der Waals surface area contributed by atoms with Crippen molar-refractivity contribution in [3.63, 3.8) is 0 Å². The molecular weight excluding hydrogens is 877 g/mol. The molecule has 1 amide bonds. The van der Waals surface area contributed by atoms with Crippen LogP contribution < -0.4 is 43.6 Å². The summed E-state index contributed by atoms with van der Waals surface area (Å²) in [7, 11) is 0. The number of amides is 1. The van der Waals surface area contributed by atoms with Crippen molar-refractivity contribution >= 4 is 62.8 Å². The van der Waals surface area contributed by atoms with Gasteiger partial charge in [-0.1, -0.05) is 38.5 Å². The van der Waals surface area contributed by atoms with Crippen LogP contribution in [0.4, 0.5) is 49.1 Å². The van der Waals surface area contributed by atoms with E-state index in [1.54, 1.807) is 30.6 Å². The van der Waals surface area contributed by atoms with Gasteiger partial charge in [0.25, 0.3) is 11.1 Å². The van der Waals surface area contributed by atoms with Gasteiger partial charge < -0.3 is 33.3 Å². The summed E-state index contributed by atoms with van der Waals surface area (Å²) >= 11 is 10.4. The maximum absolute atomic E-state index is 13.3. The van der Waals surface area contributed by atoms with Crippen LogP contribution in [0.15, 0.2) is 85.5 Å².